The Bertz CT molecular complexity index is 1260. The molecule has 0 saturated heterocycles. The van der Waals surface area contributed by atoms with Crippen LogP contribution in [0.1, 0.15) is 27.9 Å². The third kappa shape index (κ3) is 5.79. The zero-order chi connectivity index (χ0) is 23.9. The largest absolute Gasteiger partial charge is 0.448 e. The van der Waals surface area contributed by atoms with E-state index in [2.05, 4.69) is 25.6 Å². The van der Waals surface area contributed by atoms with Gasteiger partial charge in [0.15, 0.2) is 11.6 Å². The van der Waals surface area contributed by atoms with E-state index in [0.717, 1.165) is 0 Å². The number of pyridine rings is 1. The van der Waals surface area contributed by atoms with Crippen LogP contribution in [0.4, 0.5) is 13.2 Å². The molecule has 0 bridgehead atoms. The Balaban J connectivity index is 1.24. The van der Waals surface area contributed by atoms with E-state index in [1.54, 1.807) is 22.8 Å². The molecule has 0 saturated carbocycles. The molecule has 0 aliphatic carbocycles. The molecule has 4 rings (SSSR count). The summed E-state index contributed by atoms with van der Waals surface area (Å²) in [4.78, 5) is 24.7. The average Bonchev–Trinajstić information content (AvgIpc) is 3.43. The number of aromatic nitrogens is 4. The summed E-state index contributed by atoms with van der Waals surface area (Å²) in [5, 5.41) is 5.76. The summed E-state index contributed by atoms with van der Waals surface area (Å²) in [7, 11) is 0. The maximum atomic E-state index is 13.6. The van der Waals surface area contributed by atoms with Gasteiger partial charge in [-0.2, -0.15) is 0 Å². The molecule has 1 aromatic carbocycles. The van der Waals surface area contributed by atoms with Gasteiger partial charge in [-0.3, -0.25) is 9.78 Å². The van der Waals surface area contributed by atoms with Crippen LogP contribution >= 0.6 is 0 Å². The predicted octanol–water partition coefficient (Wildman–Crippen LogP) is 3.13. The zero-order valence-electron chi connectivity index (χ0n) is 18.2. The first-order valence-corrected chi connectivity index (χ1v) is 10.8. The number of nitrogens with one attached hydrogen (secondary N) is 2. The number of para-hydroxylation sites is 2. The fraction of sp³-hybridized carbons (Fsp3) is 0.304. The maximum absolute atomic E-state index is 13.6. The van der Waals surface area contributed by atoms with Crippen LogP contribution in [0.15, 0.2) is 53.3 Å². The third-order valence-electron chi connectivity index (χ3n) is 5.13. The molecule has 0 radical (unpaired) electrons. The lowest BCUT2D eigenvalue weighted by molar-refractivity contribution is 0.0945. The first-order chi connectivity index (χ1) is 16.5. The van der Waals surface area contributed by atoms with Crippen LogP contribution in [0, 0.1) is 5.82 Å². The second-order valence-corrected chi connectivity index (χ2v) is 7.51. The number of halogens is 3. The molecular formula is C23H23F3N6O2. The second kappa shape index (κ2) is 10.9. The number of alkyl halides is 2. The normalized spacial score (nSPS) is 11.4. The quantitative estimate of drug-likeness (QED) is 0.326. The summed E-state index contributed by atoms with van der Waals surface area (Å²) >= 11 is 0. The monoisotopic (exact) mass is 472 g/mol. The number of oxazole rings is 1. The minimum absolute atomic E-state index is 0.0639. The van der Waals surface area contributed by atoms with E-state index < -0.39 is 24.7 Å². The third-order valence-corrected chi connectivity index (χ3v) is 5.13. The Morgan fingerprint density at radius 3 is 2.74 bits per heavy atom. The van der Waals surface area contributed by atoms with Crippen LogP contribution in [-0.4, -0.2) is 44.9 Å². The van der Waals surface area contributed by atoms with E-state index in [-0.39, 0.29) is 17.9 Å². The SMILES string of the molecule is O=C(NCc1ncccc1F)c1coc(CCNCCc2nc3ccccc3n2CC(F)F)n1. The summed E-state index contributed by atoms with van der Waals surface area (Å²) in [5.41, 5.74) is 1.60. The molecule has 0 aliphatic rings. The first-order valence-electron chi connectivity index (χ1n) is 10.8. The van der Waals surface area contributed by atoms with E-state index in [9.17, 15) is 18.0 Å². The molecule has 11 heteroatoms. The summed E-state index contributed by atoms with van der Waals surface area (Å²) in [6, 6.07) is 9.95. The highest BCUT2D eigenvalue weighted by Gasteiger charge is 2.15. The van der Waals surface area contributed by atoms with Crippen molar-refractivity contribution in [1.29, 1.82) is 0 Å². The second-order valence-electron chi connectivity index (χ2n) is 7.51. The molecule has 34 heavy (non-hydrogen) atoms. The fourth-order valence-corrected chi connectivity index (χ4v) is 3.51. The summed E-state index contributed by atoms with van der Waals surface area (Å²) in [6.07, 6.45) is 1.12. The molecule has 0 unspecified atom stereocenters. The van der Waals surface area contributed by atoms with Crippen LogP contribution in [0.25, 0.3) is 11.0 Å². The number of rotatable bonds is 11. The molecule has 3 heterocycles. The van der Waals surface area contributed by atoms with Gasteiger partial charge in [-0.15, -0.1) is 0 Å². The zero-order valence-corrected chi connectivity index (χ0v) is 18.2. The molecule has 8 nitrogen and oxygen atoms in total. The lowest BCUT2D eigenvalue weighted by Gasteiger charge is -2.09. The van der Waals surface area contributed by atoms with Crippen LogP contribution < -0.4 is 10.6 Å². The fourth-order valence-electron chi connectivity index (χ4n) is 3.51. The van der Waals surface area contributed by atoms with Gasteiger partial charge in [0, 0.05) is 32.1 Å². The molecule has 3 aromatic heterocycles. The van der Waals surface area contributed by atoms with Crippen molar-refractivity contribution < 1.29 is 22.4 Å². The highest BCUT2D eigenvalue weighted by atomic mass is 19.3. The lowest BCUT2D eigenvalue weighted by Crippen LogP contribution is -2.24. The van der Waals surface area contributed by atoms with Crippen molar-refractivity contribution >= 4 is 16.9 Å². The maximum Gasteiger partial charge on any atom is 0.273 e. The number of hydrogen-bond acceptors (Lipinski definition) is 6. The van der Waals surface area contributed by atoms with E-state index in [1.807, 2.05) is 6.07 Å². The molecular weight excluding hydrogens is 449 g/mol. The molecule has 0 spiro atoms. The predicted molar refractivity (Wildman–Crippen MR) is 118 cm³/mol. The molecule has 4 aromatic rings. The number of carbonyl (C=O) groups is 1. The number of carbonyl (C=O) groups excluding carboxylic acids is 1. The van der Waals surface area contributed by atoms with Crippen molar-refractivity contribution in [2.45, 2.75) is 32.4 Å². The van der Waals surface area contributed by atoms with E-state index in [1.165, 1.54) is 24.6 Å². The lowest BCUT2D eigenvalue weighted by atomic mass is 10.3. The van der Waals surface area contributed by atoms with Gasteiger partial charge in [0.1, 0.15) is 17.9 Å². The minimum atomic E-state index is -2.47. The Kier molecular flexibility index (Phi) is 7.53. The molecule has 0 fully saturated rings. The molecule has 0 atom stereocenters. The van der Waals surface area contributed by atoms with Crippen LogP contribution in [0.3, 0.4) is 0 Å². The smallest absolute Gasteiger partial charge is 0.273 e. The van der Waals surface area contributed by atoms with Crippen molar-refractivity contribution in [3.05, 3.63) is 77.8 Å². The first kappa shape index (κ1) is 23.4. The van der Waals surface area contributed by atoms with E-state index in [4.69, 9.17) is 4.42 Å². The number of amides is 1. The Labute approximate surface area is 193 Å². The van der Waals surface area contributed by atoms with Gasteiger partial charge >= 0.3 is 0 Å². The van der Waals surface area contributed by atoms with Gasteiger partial charge in [-0.25, -0.2) is 23.1 Å². The molecule has 1 amide bonds. The van der Waals surface area contributed by atoms with Crippen LogP contribution in [0.5, 0.6) is 0 Å². The summed E-state index contributed by atoms with van der Waals surface area (Å²) < 4.78 is 46.5. The van der Waals surface area contributed by atoms with Crippen molar-refractivity contribution in [2.75, 3.05) is 13.1 Å². The number of hydrogen-bond donors (Lipinski definition) is 2. The summed E-state index contributed by atoms with van der Waals surface area (Å²) in [6.45, 7) is 0.571. The Morgan fingerprint density at radius 2 is 1.91 bits per heavy atom. The number of imidazole rings is 1. The minimum Gasteiger partial charge on any atom is -0.448 e. The van der Waals surface area contributed by atoms with Crippen molar-refractivity contribution in [3.8, 4) is 0 Å². The van der Waals surface area contributed by atoms with E-state index in [0.29, 0.717) is 48.7 Å². The van der Waals surface area contributed by atoms with Crippen molar-refractivity contribution in [3.63, 3.8) is 0 Å². The van der Waals surface area contributed by atoms with Gasteiger partial charge in [-0.05, 0) is 24.3 Å². The van der Waals surface area contributed by atoms with Crippen LogP contribution in [-0.2, 0) is 25.9 Å². The number of fused-ring (bicyclic) bond motifs is 1. The van der Waals surface area contributed by atoms with Gasteiger partial charge in [0.25, 0.3) is 12.3 Å². The topological polar surface area (TPSA) is 97.9 Å². The number of nitrogens with zero attached hydrogens (tertiary/aromatic N) is 4. The summed E-state index contributed by atoms with van der Waals surface area (Å²) in [5.74, 6) is -0.0366. The van der Waals surface area contributed by atoms with Crippen molar-refractivity contribution in [2.24, 2.45) is 0 Å². The van der Waals surface area contributed by atoms with Crippen LogP contribution in [0.2, 0.25) is 0 Å². The van der Waals surface area contributed by atoms with Crippen molar-refractivity contribution in [1.82, 2.24) is 30.2 Å². The van der Waals surface area contributed by atoms with Gasteiger partial charge in [0.05, 0.1) is 29.8 Å². The average molecular weight is 472 g/mol. The highest BCUT2D eigenvalue weighted by Crippen LogP contribution is 2.18. The van der Waals surface area contributed by atoms with Gasteiger partial charge < -0.3 is 19.6 Å². The highest BCUT2D eigenvalue weighted by molar-refractivity contribution is 5.91. The number of benzene rings is 1. The van der Waals surface area contributed by atoms with E-state index >= 15 is 0 Å². The molecule has 2 N–H and O–H groups in total. The Morgan fingerprint density at radius 1 is 1.09 bits per heavy atom. The molecule has 0 aliphatic heterocycles. The van der Waals surface area contributed by atoms with Gasteiger partial charge in [-0.1, -0.05) is 12.1 Å². The molecule has 178 valence electrons. The van der Waals surface area contributed by atoms with Gasteiger partial charge in [0.2, 0.25) is 0 Å². The Hall–Kier alpha value is -3.73. The standard InChI is InChI=1S/C23H23F3N6O2/c24-15-4-3-9-28-17(15)12-29-23(33)18-14-34-22(31-18)8-11-27-10-7-21-30-16-5-1-2-6-19(16)32(21)13-20(25)26/h1-6,9,14,20,27H,7-8,10-13H2,(H,29,33).